The van der Waals surface area contributed by atoms with Crippen molar-refractivity contribution < 1.29 is 18.4 Å². The Morgan fingerprint density at radius 2 is 2.00 bits per heavy atom. The van der Waals surface area contributed by atoms with Crippen molar-refractivity contribution in [2.75, 3.05) is 0 Å². The number of carbonyl (C=O) groups is 1. The van der Waals surface area contributed by atoms with Gasteiger partial charge in [0.05, 0.1) is 0 Å². The van der Waals surface area contributed by atoms with Crippen LogP contribution in [0.4, 0.5) is 0 Å². The minimum Gasteiger partial charge on any atom is -0.456 e. The Morgan fingerprint density at radius 1 is 1.21 bits per heavy atom. The molecule has 0 atom stereocenters. The summed E-state index contributed by atoms with van der Waals surface area (Å²) in [6.07, 6.45) is 2.84. The molecule has 0 aliphatic rings. The molecular weight excluding hydrogens is 374 g/mol. The van der Waals surface area contributed by atoms with E-state index in [0.717, 1.165) is 5.56 Å². The van der Waals surface area contributed by atoms with Crippen molar-refractivity contribution in [2.45, 2.75) is 13.5 Å². The standard InChI is InChI=1S/C18H14BrNO4/c1-12-15(20-18(23-12)13-5-3-2-4-6-13)11-22-17(21)10-8-14-7-9-16(19)24-14/h2-10H,11H2,1H3. The van der Waals surface area contributed by atoms with Gasteiger partial charge in [0, 0.05) is 11.6 Å². The average molecular weight is 388 g/mol. The molecule has 0 aliphatic carbocycles. The van der Waals surface area contributed by atoms with E-state index in [4.69, 9.17) is 13.6 Å². The maximum atomic E-state index is 11.8. The Labute approximate surface area is 147 Å². The number of furan rings is 1. The number of esters is 1. The molecule has 0 aliphatic heterocycles. The Bertz CT molecular complexity index is 864. The van der Waals surface area contributed by atoms with Crippen LogP contribution in [-0.2, 0) is 16.1 Å². The molecule has 0 radical (unpaired) electrons. The summed E-state index contributed by atoms with van der Waals surface area (Å²) in [5, 5.41) is 0. The maximum Gasteiger partial charge on any atom is 0.331 e. The molecule has 0 bridgehead atoms. The van der Waals surface area contributed by atoms with Crippen molar-refractivity contribution in [1.29, 1.82) is 0 Å². The van der Waals surface area contributed by atoms with Gasteiger partial charge in [0.1, 0.15) is 23.8 Å². The zero-order valence-corrected chi connectivity index (χ0v) is 14.4. The van der Waals surface area contributed by atoms with Crippen molar-refractivity contribution in [3.63, 3.8) is 0 Å². The third kappa shape index (κ3) is 4.02. The van der Waals surface area contributed by atoms with Crippen LogP contribution in [0, 0.1) is 6.92 Å². The number of benzene rings is 1. The van der Waals surface area contributed by atoms with Gasteiger partial charge >= 0.3 is 5.97 Å². The van der Waals surface area contributed by atoms with E-state index in [1.165, 1.54) is 12.2 Å². The van der Waals surface area contributed by atoms with Crippen LogP contribution in [0.5, 0.6) is 0 Å². The number of hydrogen-bond donors (Lipinski definition) is 0. The highest BCUT2D eigenvalue weighted by molar-refractivity contribution is 9.10. The predicted octanol–water partition coefficient (Wildman–Crippen LogP) is 4.76. The van der Waals surface area contributed by atoms with E-state index in [9.17, 15) is 4.79 Å². The monoisotopic (exact) mass is 387 g/mol. The molecule has 122 valence electrons. The smallest absolute Gasteiger partial charge is 0.331 e. The number of halogens is 1. The molecular formula is C18H14BrNO4. The summed E-state index contributed by atoms with van der Waals surface area (Å²) in [5.41, 5.74) is 1.47. The lowest BCUT2D eigenvalue weighted by molar-refractivity contribution is -0.139. The summed E-state index contributed by atoms with van der Waals surface area (Å²) in [7, 11) is 0. The number of aryl methyl sites for hydroxylation is 1. The first-order chi connectivity index (χ1) is 11.6. The van der Waals surface area contributed by atoms with E-state index >= 15 is 0 Å². The molecule has 0 saturated carbocycles. The van der Waals surface area contributed by atoms with E-state index < -0.39 is 5.97 Å². The minimum atomic E-state index is -0.480. The van der Waals surface area contributed by atoms with Crippen LogP contribution >= 0.6 is 15.9 Å². The maximum absolute atomic E-state index is 11.8. The second kappa shape index (κ2) is 7.31. The number of oxazole rings is 1. The van der Waals surface area contributed by atoms with Crippen LogP contribution in [0.1, 0.15) is 17.2 Å². The number of nitrogens with zero attached hydrogens (tertiary/aromatic N) is 1. The highest BCUT2D eigenvalue weighted by atomic mass is 79.9. The first-order valence-electron chi connectivity index (χ1n) is 7.24. The van der Waals surface area contributed by atoms with Gasteiger partial charge in [-0.05, 0) is 53.2 Å². The fourth-order valence-corrected chi connectivity index (χ4v) is 2.34. The van der Waals surface area contributed by atoms with Crippen molar-refractivity contribution in [3.05, 3.63) is 70.4 Å². The first-order valence-corrected chi connectivity index (χ1v) is 8.03. The van der Waals surface area contributed by atoms with Gasteiger partial charge < -0.3 is 13.6 Å². The normalized spacial score (nSPS) is 11.1. The van der Waals surface area contributed by atoms with E-state index in [0.29, 0.717) is 27.8 Å². The molecule has 5 nitrogen and oxygen atoms in total. The predicted molar refractivity (Wildman–Crippen MR) is 91.9 cm³/mol. The molecule has 6 heteroatoms. The minimum absolute atomic E-state index is 0.0488. The van der Waals surface area contributed by atoms with Crippen molar-refractivity contribution in [3.8, 4) is 11.5 Å². The Balaban J connectivity index is 1.61. The summed E-state index contributed by atoms with van der Waals surface area (Å²) < 4.78 is 16.7. The number of carbonyl (C=O) groups excluding carboxylic acids is 1. The Hall–Kier alpha value is -2.60. The topological polar surface area (TPSA) is 65.5 Å². The molecule has 0 N–H and O–H groups in total. The molecule has 24 heavy (non-hydrogen) atoms. The van der Waals surface area contributed by atoms with Crippen LogP contribution in [0.15, 0.2) is 62.0 Å². The molecule has 0 spiro atoms. The second-order valence-corrected chi connectivity index (χ2v) is 5.75. The molecule has 0 amide bonds. The van der Waals surface area contributed by atoms with E-state index in [1.54, 1.807) is 19.1 Å². The Morgan fingerprint density at radius 3 is 2.71 bits per heavy atom. The molecule has 0 saturated heterocycles. The summed E-state index contributed by atoms with van der Waals surface area (Å²) in [5.74, 6) is 1.21. The molecule has 2 heterocycles. The van der Waals surface area contributed by atoms with E-state index in [2.05, 4.69) is 20.9 Å². The lowest BCUT2D eigenvalue weighted by Gasteiger charge is -1.98. The van der Waals surface area contributed by atoms with Gasteiger partial charge in [0.15, 0.2) is 4.67 Å². The highest BCUT2D eigenvalue weighted by Crippen LogP contribution is 2.22. The lowest BCUT2D eigenvalue weighted by Crippen LogP contribution is -2.01. The molecule has 1 aromatic carbocycles. The van der Waals surface area contributed by atoms with E-state index in [-0.39, 0.29) is 6.61 Å². The number of rotatable bonds is 5. The van der Waals surface area contributed by atoms with Crippen LogP contribution in [0.2, 0.25) is 0 Å². The van der Waals surface area contributed by atoms with Gasteiger partial charge in [-0.2, -0.15) is 0 Å². The molecule has 0 unspecified atom stereocenters. The summed E-state index contributed by atoms with van der Waals surface area (Å²) in [6.45, 7) is 1.84. The summed E-state index contributed by atoms with van der Waals surface area (Å²) in [4.78, 5) is 16.1. The molecule has 2 aromatic heterocycles. The highest BCUT2D eigenvalue weighted by Gasteiger charge is 2.12. The van der Waals surface area contributed by atoms with Crippen LogP contribution in [0.25, 0.3) is 17.5 Å². The number of aromatic nitrogens is 1. The summed E-state index contributed by atoms with van der Waals surface area (Å²) in [6, 6.07) is 13.0. The quantitative estimate of drug-likeness (QED) is 0.466. The van der Waals surface area contributed by atoms with Gasteiger partial charge in [-0.1, -0.05) is 18.2 Å². The van der Waals surface area contributed by atoms with Gasteiger partial charge in [0.2, 0.25) is 5.89 Å². The fraction of sp³-hybridized carbons (Fsp3) is 0.111. The van der Waals surface area contributed by atoms with Gasteiger partial charge in [-0.15, -0.1) is 0 Å². The fourth-order valence-electron chi connectivity index (χ4n) is 2.02. The van der Waals surface area contributed by atoms with Crippen molar-refractivity contribution in [1.82, 2.24) is 4.98 Å². The van der Waals surface area contributed by atoms with Crippen molar-refractivity contribution in [2.24, 2.45) is 0 Å². The van der Waals surface area contributed by atoms with Gasteiger partial charge in [-0.3, -0.25) is 0 Å². The SMILES string of the molecule is Cc1oc(-c2ccccc2)nc1COC(=O)C=Cc1ccc(Br)o1. The average Bonchev–Trinajstić information content (AvgIpc) is 3.17. The largest absolute Gasteiger partial charge is 0.456 e. The van der Waals surface area contributed by atoms with Gasteiger partial charge in [-0.25, -0.2) is 9.78 Å². The van der Waals surface area contributed by atoms with Crippen LogP contribution < -0.4 is 0 Å². The van der Waals surface area contributed by atoms with E-state index in [1.807, 2.05) is 30.3 Å². The number of hydrogen-bond acceptors (Lipinski definition) is 5. The van der Waals surface area contributed by atoms with Crippen LogP contribution in [-0.4, -0.2) is 11.0 Å². The Kier molecular flexibility index (Phi) is 4.96. The summed E-state index contributed by atoms with van der Waals surface area (Å²) >= 11 is 3.19. The van der Waals surface area contributed by atoms with Gasteiger partial charge in [0.25, 0.3) is 0 Å². The number of ether oxygens (including phenoxy) is 1. The first kappa shape index (κ1) is 16.3. The third-order valence-corrected chi connectivity index (χ3v) is 3.67. The molecule has 0 fully saturated rings. The zero-order valence-electron chi connectivity index (χ0n) is 12.9. The third-order valence-electron chi connectivity index (χ3n) is 3.24. The zero-order chi connectivity index (χ0) is 16.9. The molecule has 3 aromatic rings. The molecule has 3 rings (SSSR count). The lowest BCUT2D eigenvalue weighted by atomic mass is 10.2. The second-order valence-electron chi connectivity index (χ2n) is 4.97. The van der Waals surface area contributed by atoms with Crippen LogP contribution in [0.3, 0.4) is 0 Å². The van der Waals surface area contributed by atoms with Crippen molar-refractivity contribution >= 4 is 28.0 Å².